The van der Waals surface area contributed by atoms with E-state index in [1.165, 1.54) is 0 Å². The SMILES string of the molecule is CC(C)(C)c1cc(NC(=O)CCC(=O)O)cc(C(C)(C)C)c1. The van der Waals surface area contributed by atoms with Crippen molar-refractivity contribution < 1.29 is 14.7 Å². The molecular formula is C18H27NO3. The van der Waals surface area contributed by atoms with E-state index in [2.05, 4.69) is 52.9 Å². The summed E-state index contributed by atoms with van der Waals surface area (Å²) < 4.78 is 0. The van der Waals surface area contributed by atoms with Crippen molar-refractivity contribution in [1.82, 2.24) is 0 Å². The van der Waals surface area contributed by atoms with Crippen LogP contribution in [-0.2, 0) is 20.4 Å². The lowest BCUT2D eigenvalue weighted by atomic mass is 9.80. The molecule has 1 aromatic rings. The van der Waals surface area contributed by atoms with E-state index in [9.17, 15) is 9.59 Å². The molecule has 0 unspecified atom stereocenters. The number of hydrogen-bond acceptors (Lipinski definition) is 2. The van der Waals surface area contributed by atoms with Gasteiger partial charge in [-0.2, -0.15) is 0 Å². The number of amides is 1. The van der Waals surface area contributed by atoms with Crippen molar-refractivity contribution in [2.45, 2.75) is 65.2 Å². The Morgan fingerprint density at radius 1 is 0.909 bits per heavy atom. The van der Waals surface area contributed by atoms with Gasteiger partial charge in [0.05, 0.1) is 6.42 Å². The van der Waals surface area contributed by atoms with E-state index >= 15 is 0 Å². The average Bonchev–Trinajstić information content (AvgIpc) is 2.34. The summed E-state index contributed by atoms with van der Waals surface area (Å²) in [5, 5.41) is 11.5. The molecule has 4 heteroatoms. The molecule has 1 rings (SSSR count). The number of carboxylic acid groups (broad SMARTS) is 1. The number of anilines is 1. The van der Waals surface area contributed by atoms with Gasteiger partial charge in [-0.3, -0.25) is 9.59 Å². The lowest BCUT2D eigenvalue weighted by Crippen LogP contribution is -2.19. The minimum absolute atomic E-state index is 0.0140. The van der Waals surface area contributed by atoms with Gasteiger partial charge in [0.1, 0.15) is 0 Å². The molecule has 0 saturated carbocycles. The van der Waals surface area contributed by atoms with Crippen molar-refractivity contribution in [2.24, 2.45) is 0 Å². The highest BCUT2D eigenvalue weighted by molar-refractivity contribution is 5.92. The molecule has 2 N–H and O–H groups in total. The molecule has 1 amide bonds. The molecule has 122 valence electrons. The maximum atomic E-state index is 11.9. The van der Waals surface area contributed by atoms with Crippen LogP contribution in [0.3, 0.4) is 0 Å². The topological polar surface area (TPSA) is 66.4 Å². The van der Waals surface area contributed by atoms with Gasteiger partial charge < -0.3 is 10.4 Å². The Labute approximate surface area is 132 Å². The zero-order valence-corrected chi connectivity index (χ0v) is 14.4. The molecule has 1 aromatic carbocycles. The van der Waals surface area contributed by atoms with E-state index in [1.54, 1.807) is 0 Å². The third-order valence-corrected chi connectivity index (χ3v) is 3.51. The van der Waals surface area contributed by atoms with Crippen molar-refractivity contribution >= 4 is 17.6 Å². The van der Waals surface area contributed by atoms with Crippen LogP contribution in [0.5, 0.6) is 0 Å². The summed E-state index contributed by atoms with van der Waals surface area (Å²) in [5.74, 6) is -1.23. The van der Waals surface area contributed by atoms with Crippen LogP contribution in [0.15, 0.2) is 18.2 Å². The molecule has 0 saturated heterocycles. The number of rotatable bonds is 4. The molecule has 0 aliphatic carbocycles. The van der Waals surface area contributed by atoms with Crippen LogP contribution in [0, 0.1) is 0 Å². The summed E-state index contributed by atoms with van der Waals surface area (Å²) in [7, 11) is 0. The largest absolute Gasteiger partial charge is 0.481 e. The fourth-order valence-corrected chi connectivity index (χ4v) is 2.01. The summed E-state index contributed by atoms with van der Waals surface area (Å²) in [6, 6.07) is 6.11. The molecule has 0 fully saturated rings. The number of hydrogen-bond donors (Lipinski definition) is 2. The maximum Gasteiger partial charge on any atom is 0.303 e. The lowest BCUT2D eigenvalue weighted by molar-refractivity contribution is -0.138. The lowest BCUT2D eigenvalue weighted by Gasteiger charge is -2.26. The van der Waals surface area contributed by atoms with Gasteiger partial charge >= 0.3 is 5.97 Å². The van der Waals surface area contributed by atoms with Crippen LogP contribution in [0.4, 0.5) is 5.69 Å². The normalized spacial score (nSPS) is 12.1. The third kappa shape index (κ3) is 5.51. The fourth-order valence-electron chi connectivity index (χ4n) is 2.01. The number of benzene rings is 1. The van der Waals surface area contributed by atoms with Gasteiger partial charge in [0.2, 0.25) is 5.91 Å². The first-order chi connectivity index (χ1) is 9.89. The first-order valence-corrected chi connectivity index (χ1v) is 7.57. The smallest absolute Gasteiger partial charge is 0.303 e. The molecule has 0 radical (unpaired) electrons. The molecule has 0 aliphatic heterocycles. The predicted octanol–water partition coefficient (Wildman–Crippen LogP) is 4.08. The highest BCUT2D eigenvalue weighted by atomic mass is 16.4. The quantitative estimate of drug-likeness (QED) is 0.880. The van der Waals surface area contributed by atoms with E-state index in [0.717, 1.165) is 16.8 Å². The number of aliphatic carboxylic acids is 1. The second kappa shape index (κ2) is 6.51. The minimum Gasteiger partial charge on any atom is -0.481 e. The molecule has 0 aliphatic rings. The number of nitrogens with one attached hydrogen (secondary N) is 1. The van der Waals surface area contributed by atoms with Gasteiger partial charge in [0.25, 0.3) is 0 Å². The molecule has 0 spiro atoms. The Hall–Kier alpha value is -1.84. The summed E-state index contributed by atoms with van der Waals surface area (Å²) in [6.07, 6.45) is -0.170. The van der Waals surface area contributed by atoms with Crippen LogP contribution >= 0.6 is 0 Å². The van der Waals surface area contributed by atoms with Crippen LogP contribution in [0.2, 0.25) is 0 Å². The first-order valence-electron chi connectivity index (χ1n) is 7.57. The molecular weight excluding hydrogens is 278 g/mol. The molecule has 0 aromatic heterocycles. The van der Waals surface area contributed by atoms with Crippen LogP contribution in [0.1, 0.15) is 65.5 Å². The summed E-state index contributed by atoms with van der Waals surface area (Å²) >= 11 is 0. The van der Waals surface area contributed by atoms with Crippen molar-refractivity contribution in [1.29, 1.82) is 0 Å². The number of carbonyl (C=O) groups excluding carboxylic acids is 1. The first kappa shape index (κ1) is 18.2. The van der Waals surface area contributed by atoms with Crippen LogP contribution in [0.25, 0.3) is 0 Å². The molecule has 0 heterocycles. The average molecular weight is 305 g/mol. The molecule has 0 atom stereocenters. The van der Waals surface area contributed by atoms with Gasteiger partial charge in [0, 0.05) is 12.1 Å². The van der Waals surface area contributed by atoms with Crippen molar-refractivity contribution in [3.8, 4) is 0 Å². The molecule has 22 heavy (non-hydrogen) atoms. The maximum absolute atomic E-state index is 11.9. The van der Waals surface area contributed by atoms with Gasteiger partial charge in [-0.25, -0.2) is 0 Å². The summed E-state index contributed by atoms with van der Waals surface area (Å²) in [6.45, 7) is 12.8. The van der Waals surface area contributed by atoms with Gasteiger partial charge in [-0.05, 0) is 34.1 Å². The van der Waals surface area contributed by atoms with E-state index in [-0.39, 0.29) is 29.6 Å². The Bertz CT molecular complexity index is 530. The number of carboxylic acids is 1. The second-order valence-electron chi connectivity index (χ2n) is 7.74. The van der Waals surface area contributed by atoms with Gasteiger partial charge in [-0.1, -0.05) is 47.6 Å². The van der Waals surface area contributed by atoms with Crippen molar-refractivity contribution in [2.75, 3.05) is 5.32 Å². The predicted molar refractivity (Wildman–Crippen MR) is 89.3 cm³/mol. The highest BCUT2D eigenvalue weighted by Crippen LogP contribution is 2.32. The van der Waals surface area contributed by atoms with Crippen molar-refractivity contribution in [3.05, 3.63) is 29.3 Å². The van der Waals surface area contributed by atoms with E-state index in [4.69, 9.17) is 5.11 Å². The van der Waals surface area contributed by atoms with Crippen LogP contribution < -0.4 is 5.32 Å². The minimum atomic E-state index is -0.964. The monoisotopic (exact) mass is 305 g/mol. The third-order valence-electron chi connectivity index (χ3n) is 3.51. The van der Waals surface area contributed by atoms with E-state index in [0.29, 0.717) is 0 Å². The van der Waals surface area contributed by atoms with Crippen molar-refractivity contribution in [3.63, 3.8) is 0 Å². The van der Waals surface area contributed by atoms with E-state index < -0.39 is 5.97 Å². The number of carbonyl (C=O) groups is 2. The Morgan fingerprint density at radius 2 is 1.36 bits per heavy atom. The Balaban J connectivity index is 3.08. The van der Waals surface area contributed by atoms with E-state index in [1.807, 2.05) is 12.1 Å². The Kier molecular flexibility index (Phi) is 5.39. The Morgan fingerprint density at radius 3 is 1.73 bits per heavy atom. The van der Waals surface area contributed by atoms with Gasteiger partial charge in [-0.15, -0.1) is 0 Å². The van der Waals surface area contributed by atoms with Gasteiger partial charge in [0.15, 0.2) is 0 Å². The zero-order valence-electron chi connectivity index (χ0n) is 14.4. The molecule has 4 nitrogen and oxygen atoms in total. The molecule has 0 bridgehead atoms. The standard InChI is InChI=1S/C18H27NO3/c1-17(2,3)12-9-13(18(4,5)6)11-14(10-12)19-15(20)7-8-16(21)22/h9-11H,7-8H2,1-6H3,(H,19,20)(H,21,22). The zero-order chi connectivity index (χ0) is 17.1. The second-order valence-corrected chi connectivity index (χ2v) is 7.74. The summed E-state index contributed by atoms with van der Waals surface area (Å²) in [4.78, 5) is 22.4. The fraction of sp³-hybridized carbons (Fsp3) is 0.556. The summed E-state index contributed by atoms with van der Waals surface area (Å²) in [5.41, 5.74) is 2.97. The highest BCUT2D eigenvalue weighted by Gasteiger charge is 2.21. The van der Waals surface area contributed by atoms with Crippen LogP contribution in [-0.4, -0.2) is 17.0 Å².